The summed E-state index contributed by atoms with van der Waals surface area (Å²) >= 11 is 0. The molecule has 1 aromatic carbocycles. The molecule has 1 aliphatic carbocycles. The summed E-state index contributed by atoms with van der Waals surface area (Å²) in [7, 11) is 0. The van der Waals surface area contributed by atoms with Crippen LogP contribution in [0.1, 0.15) is 64.8 Å². The van der Waals surface area contributed by atoms with Gasteiger partial charge in [-0.25, -0.2) is 0 Å². The largest absolute Gasteiger partial charge is 0.328 e. The Morgan fingerprint density at radius 2 is 1.71 bits per heavy atom. The summed E-state index contributed by atoms with van der Waals surface area (Å²) in [5, 5.41) is 5.70. The Kier molecular flexibility index (Phi) is 4.99. The highest BCUT2D eigenvalue weighted by Gasteiger charge is 2.44. The molecule has 3 aliphatic rings. The Hall–Kier alpha value is -2.58. The van der Waals surface area contributed by atoms with E-state index in [0.717, 1.165) is 36.1 Å². The number of piperidine rings is 1. The lowest BCUT2D eigenvalue weighted by Gasteiger charge is -2.27. The molecule has 2 heterocycles. The number of nitrogens with zero attached hydrogens (tertiary/aromatic N) is 1. The van der Waals surface area contributed by atoms with Crippen molar-refractivity contribution in [2.45, 2.75) is 63.2 Å². The van der Waals surface area contributed by atoms with Crippen LogP contribution in [0.25, 0.3) is 0 Å². The van der Waals surface area contributed by atoms with E-state index in [1.165, 1.54) is 0 Å². The van der Waals surface area contributed by atoms with Gasteiger partial charge >= 0.3 is 0 Å². The Morgan fingerprint density at radius 3 is 2.43 bits per heavy atom. The van der Waals surface area contributed by atoms with Crippen LogP contribution in [0.2, 0.25) is 0 Å². The fourth-order valence-electron chi connectivity index (χ4n) is 4.21. The van der Waals surface area contributed by atoms with E-state index in [2.05, 4.69) is 10.6 Å². The first-order chi connectivity index (χ1) is 13.4. The van der Waals surface area contributed by atoms with Gasteiger partial charge in [-0.15, -0.1) is 0 Å². The van der Waals surface area contributed by atoms with Crippen molar-refractivity contribution in [1.82, 2.24) is 15.5 Å². The van der Waals surface area contributed by atoms with E-state index in [-0.39, 0.29) is 18.7 Å². The summed E-state index contributed by atoms with van der Waals surface area (Å²) < 4.78 is 0. The van der Waals surface area contributed by atoms with Gasteiger partial charge in [-0.2, -0.15) is 0 Å². The maximum absolute atomic E-state index is 12.8. The van der Waals surface area contributed by atoms with Gasteiger partial charge in [-0.1, -0.05) is 6.07 Å². The predicted octanol–water partition coefficient (Wildman–Crippen LogP) is 0.447. The second-order valence-corrected chi connectivity index (χ2v) is 7.82. The molecule has 4 rings (SSSR count). The summed E-state index contributed by atoms with van der Waals surface area (Å²) in [6.07, 6.45) is 4.36. The SMILES string of the molecule is NC1CCC(NCc2ccc3c(c2)C(=O)N(C2CCC(=O)NC2=O)C3=O)CC1. The number of carbonyl (C=O) groups is 4. The van der Waals surface area contributed by atoms with Crippen LogP contribution in [0, 0.1) is 0 Å². The van der Waals surface area contributed by atoms with Gasteiger partial charge in [0.05, 0.1) is 11.1 Å². The number of benzene rings is 1. The molecule has 28 heavy (non-hydrogen) atoms. The van der Waals surface area contributed by atoms with Gasteiger partial charge in [0.1, 0.15) is 6.04 Å². The average Bonchev–Trinajstić information content (AvgIpc) is 2.92. The zero-order chi connectivity index (χ0) is 19.8. The molecular weight excluding hydrogens is 360 g/mol. The van der Waals surface area contributed by atoms with Crippen LogP contribution >= 0.6 is 0 Å². The smallest absolute Gasteiger partial charge is 0.262 e. The Labute approximate surface area is 162 Å². The molecule has 1 aromatic rings. The molecular formula is C20H24N4O4. The third-order valence-electron chi connectivity index (χ3n) is 5.87. The highest BCUT2D eigenvalue weighted by atomic mass is 16.2. The average molecular weight is 384 g/mol. The third-order valence-corrected chi connectivity index (χ3v) is 5.87. The topological polar surface area (TPSA) is 122 Å². The van der Waals surface area contributed by atoms with Gasteiger partial charge in [0.25, 0.3) is 11.8 Å². The lowest BCUT2D eigenvalue weighted by Crippen LogP contribution is -2.54. The number of rotatable bonds is 4. The van der Waals surface area contributed by atoms with Crippen LogP contribution < -0.4 is 16.4 Å². The van der Waals surface area contributed by atoms with Crippen molar-refractivity contribution in [3.8, 4) is 0 Å². The molecule has 1 saturated heterocycles. The number of fused-ring (bicyclic) bond motifs is 1. The van der Waals surface area contributed by atoms with E-state index in [1.54, 1.807) is 12.1 Å². The molecule has 1 saturated carbocycles. The molecule has 0 aromatic heterocycles. The second-order valence-electron chi connectivity index (χ2n) is 7.82. The molecule has 0 bridgehead atoms. The van der Waals surface area contributed by atoms with Gasteiger partial charge in [0, 0.05) is 25.0 Å². The third kappa shape index (κ3) is 3.45. The highest BCUT2D eigenvalue weighted by Crippen LogP contribution is 2.28. The number of amides is 4. The first-order valence-corrected chi connectivity index (χ1v) is 9.77. The van der Waals surface area contributed by atoms with E-state index in [9.17, 15) is 19.2 Å². The van der Waals surface area contributed by atoms with Crippen molar-refractivity contribution in [3.05, 3.63) is 34.9 Å². The van der Waals surface area contributed by atoms with E-state index >= 15 is 0 Å². The Balaban J connectivity index is 1.46. The van der Waals surface area contributed by atoms with Crippen LogP contribution in [0.15, 0.2) is 18.2 Å². The van der Waals surface area contributed by atoms with Gasteiger partial charge in [-0.3, -0.25) is 29.4 Å². The van der Waals surface area contributed by atoms with Crippen molar-refractivity contribution in [3.63, 3.8) is 0 Å². The Bertz CT molecular complexity index is 845. The summed E-state index contributed by atoms with van der Waals surface area (Å²) in [5.74, 6) is -1.92. The lowest BCUT2D eigenvalue weighted by molar-refractivity contribution is -0.136. The zero-order valence-electron chi connectivity index (χ0n) is 15.6. The normalized spacial score (nSPS) is 27.8. The minimum atomic E-state index is -0.932. The van der Waals surface area contributed by atoms with Gasteiger partial charge < -0.3 is 11.1 Å². The van der Waals surface area contributed by atoms with E-state index in [4.69, 9.17) is 5.73 Å². The van der Waals surface area contributed by atoms with Gasteiger partial charge in [0.2, 0.25) is 11.8 Å². The molecule has 0 spiro atoms. The molecule has 8 nitrogen and oxygen atoms in total. The summed E-state index contributed by atoms with van der Waals surface area (Å²) in [6, 6.07) is 4.97. The molecule has 2 fully saturated rings. The van der Waals surface area contributed by atoms with E-state index in [1.807, 2.05) is 6.07 Å². The molecule has 4 N–H and O–H groups in total. The summed E-state index contributed by atoms with van der Waals surface area (Å²) in [5.41, 5.74) is 7.48. The first kappa shape index (κ1) is 18.8. The summed E-state index contributed by atoms with van der Waals surface area (Å²) in [4.78, 5) is 50.0. The number of hydrogen-bond donors (Lipinski definition) is 3. The van der Waals surface area contributed by atoms with Crippen molar-refractivity contribution in [2.24, 2.45) is 5.73 Å². The standard InChI is InChI=1S/C20H24N4O4/c21-12-2-4-13(5-3-12)22-10-11-1-6-14-15(9-11)20(28)24(19(14)27)16-7-8-17(25)23-18(16)26/h1,6,9,12-13,16,22H,2-5,7-8,10,21H2,(H,23,25,26). The van der Waals surface area contributed by atoms with Crippen molar-refractivity contribution >= 4 is 23.6 Å². The van der Waals surface area contributed by atoms with Crippen molar-refractivity contribution in [2.75, 3.05) is 0 Å². The maximum Gasteiger partial charge on any atom is 0.262 e. The predicted molar refractivity (Wildman–Crippen MR) is 100 cm³/mol. The number of nitrogens with one attached hydrogen (secondary N) is 2. The molecule has 8 heteroatoms. The van der Waals surface area contributed by atoms with Gasteiger partial charge in [-0.05, 0) is 49.8 Å². The molecule has 148 valence electrons. The van der Waals surface area contributed by atoms with Crippen molar-refractivity contribution < 1.29 is 19.2 Å². The fourth-order valence-corrected chi connectivity index (χ4v) is 4.21. The van der Waals surface area contributed by atoms with Gasteiger partial charge in [0.15, 0.2) is 0 Å². The van der Waals surface area contributed by atoms with Crippen LogP contribution in [-0.4, -0.2) is 46.7 Å². The molecule has 0 radical (unpaired) electrons. The summed E-state index contributed by atoms with van der Waals surface area (Å²) in [6.45, 7) is 0.604. The first-order valence-electron chi connectivity index (χ1n) is 9.77. The number of nitrogens with two attached hydrogens (primary N) is 1. The van der Waals surface area contributed by atoms with Crippen molar-refractivity contribution in [1.29, 1.82) is 0 Å². The monoisotopic (exact) mass is 384 g/mol. The minimum absolute atomic E-state index is 0.115. The molecule has 2 aliphatic heterocycles. The fraction of sp³-hybridized carbons (Fsp3) is 0.500. The molecule has 1 unspecified atom stereocenters. The number of hydrogen-bond acceptors (Lipinski definition) is 6. The lowest BCUT2D eigenvalue weighted by atomic mass is 9.91. The minimum Gasteiger partial charge on any atom is -0.328 e. The Morgan fingerprint density at radius 1 is 1.00 bits per heavy atom. The van der Waals surface area contributed by atoms with Crippen LogP contribution in [0.5, 0.6) is 0 Å². The zero-order valence-corrected chi connectivity index (χ0v) is 15.6. The van der Waals surface area contributed by atoms with E-state index < -0.39 is 23.8 Å². The number of imide groups is 2. The maximum atomic E-state index is 12.8. The quantitative estimate of drug-likeness (QED) is 0.648. The van der Waals surface area contributed by atoms with Crippen LogP contribution in [0.4, 0.5) is 0 Å². The van der Waals surface area contributed by atoms with E-state index in [0.29, 0.717) is 29.8 Å². The highest BCUT2D eigenvalue weighted by molar-refractivity contribution is 6.23. The molecule has 1 atom stereocenters. The van der Waals surface area contributed by atoms with Crippen LogP contribution in [0.3, 0.4) is 0 Å². The number of carbonyl (C=O) groups excluding carboxylic acids is 4. The molecule has 4 amide bonds. The van der Waals surface area contributed by atoms with Crippen LogP contribution in [-0.2, 0) is 16.1 Å². The second kappa shape index (κ2) is 7.44.